The average molecular weight is 328 g/mol. The summed E-state index contributed by atoms with van der Waals surface area (Å²) in [5.74, 6) is 0.845. The van der Waals surface area contributed by atoms with Gasteiger partial charge >= 0.3 is 0 Å². The summed E-state index contributed by atoms with van der Waals surface area (Å²) in [4.78, 5) is 15.1. The molecule has 6 heteroatoms. The molecule has 3 aromatic rings. The van der Waals surface area contributed by atoms with Crippen molar-refractivity contribution in [1.29, 1.82) is 0 Å². The van der Waals surface area contributed by atoms with Gasteiger partial charge in [0.2, 0.25) is 0 Å². The molecule has 2 N–H and O–H groups in total. The lowest BCUT2D eigenvalue weighted by Crippen LogP contribution is -2.15. The molecule has 1 heterocycles. The monoisotopic (exact) mass is 328 g/mol. The Morgan fingerprint density at radius 1 is 1.04 bits per heavy atom. The second kappa shape index (κ2) is 6.62. The number of halogens is 1. The normalized spacial score (nSPS) is 10.6. The summed E-state index contributed by atoms with van der Waals surface area (Å²) in [5.41, 5.74) is 1.79. The van der Waals surface area contributed by atoms with Crippen LogP contribution in [0.5, 0.6) is 11.5 Å². The predicted molar refractivity (Wildman–Crippen MR) is 91.4 cm³/mol. The number of pyridine rings is 1. The SMILES string of the molecule is COc1cc2cc(CNc3ccc(F)cc3)c(=O)[nH]c2cc1OC. The minimum absolute atomic E-state index is 0.190. The van der Waals surface area contributed by atoms with E-state index in [1.54, 1.807) is 38.5 Å². The van der Waals surface area contributed by atoms with Crippen molar-refractivity contribution in [2.75, 3.05) is 19.5 Å². The summed E-state index contributed by atoms with van der Waals surface area (Å²) in [6, 6.07) is 11.3. The molecule has 0 atom stereocenters. The van der Waals surface area contributed by atoms with Gasteiger partial charge in [0.25, 0.3) is 5.56 Å². The van der Waals surface area contributed by atoms with Crippen LogP contribution in [0.4, 0.5) is 10.1 Å². The molecule has 0 aliphatic carbocycles. The summed E-state index contributed by atoms with van der Waals surface area (Å²) in [7, 11) is 3.11. The Balaban J connectivity index is 1.92. The van der Waals surface area contributed by atoms with Gasteiger partial charge in [-0.15, -0.1) is 0 Å². The Labute approximate surface area is 138 Å². The van der Waals surface area contributed by atoms with Gasteiger partial charge in [-0.3, -0.25) is 4.79 Å². The van der Waals surface area contributed by atoms with Gasteiger partial charge in [-0.1, -0.05) is 0 Å². The molecule has 0 radical (unpaired) electrons. The van der Waals surface area contributed by atoms with Gasteiger partial charge in [0.1, 0.15) is 5.82 Å². The fourth-order valence-electron chi connectivity index (χ4n) is 2.47. The average Bonchev–Trinajstić information content (AvgIpc) is 2.60. The number of fused-ring (bicyclic) bond motifs is 1. The maximum atomic E-state index is 12.9. The Kier molecular flexibility index (Phi) is 4.37. The van der Waals surface area contributed by atoms with Crippen molar-refractivity contribution in [3.8, 4) is 11.5 Å². The minimum Gasteiger partial charge on any atom is -0.493 e. The zero-order valence-corrected chi connectivity index (χ0v) is 13.4. The van der Waals surface area contributed by atoms with Gasteiger partial charge in [-0.2, -0.15) is 0 Å². The highest BCUT2D eigenvalue weighted by molar-refractivity contribution is 5.83. The Morgan fingerprint density at radius 3 is 2.38 bits per heavy atom. The van der Waals surface area contributed by atoms with E-state index in [9.17, 15) is 9.18 Å². The quantitative estimate of drug-likeness (QED) is 0.754. The van der Waals surface area contributed by atoms with Crippen LogP contribution in [-0.2, 0) is 6.54 Å². The van der Waals surface area contributed by atoms with Crippen molar-refractivity contribution in [2.45, 2.75) is 6.54 Å². The van der Waals surface area contributed by atoms with E-state index >= 15 is 0 Å². The van der Waals surface area contributed by atoms with E-state index < -0.39 is 0 Å². The molecule has 24 heavy (non-hydrogen) atoms. The molecule has 0 saturated heterocycles. The maximum Gasteiger partial charge on any atom is 0.253 e. The zero-order valence-electron chi connectivity index (χ0n) is 13.4. The molecule has 1 aromatic heterocycles. The Morgan fingerprint density at radius 2 is 1.71 bits per heavy atom. The molecule has 0 aliphatic heterocycles. The van der Waals surface area contributed by atoms with Crippen LogP contribution >= 0.6 is 0 Å². The molecule has 5 nitrogen and oxygen atoms in total. The number of ether oxygens (including phenoxy) is 2. The summed E-state index contributed by atoms with van der Waals surface area (Å²) in [6.07, 6.45) is 0. The third-order valence-electron chi connectivity index (χ3n) is 3.75. The van der Waals surface area contributed by atoms with E-state index in [1.807, 2.05) is 6.07 Å². The van der Waals surface area contributed by atoms with Gasteiger partial charge in [-0.05, 0) is 36.4 Å². The molecule has 0 unspecified atom stereocenters. The summed E-state index contributed by atoms with van der Waals surface area (Å²) in [6.45, 7) is 0.325. The number of aromatic nitrogens is 1. The van der Waals surface area contributed by atoms with Crippen molar-refractivity contribution in [1.82, 2.24) is 4.98 Å². The first-order valence-corrected chi connectivity index (χ1v) is 7.38. The van der Waals surface area contributed by atoms with Gasteiger partial charge < -0.3 is 19.8 Å². The number of anilines is 1. The molecule has 0 amide bonds. The molecular weight excluding hydrogens is 311 g/mol. The highest BCUT2D eigenvalue weighted by Gasteiger charge is 2.09. The highest BCUT2D eigenvalue weighted by Crippen LogP contribution is 2.31. The summed E-state index contributed by atoms with van der Waals surface area (Å²) in [5, 5.41) is 3.94. The molecule has 0 saturated carbocycles. The van der Waals surface area contributed by atoms with Crippen molar-refractivity contribution < 1.29 is 13.9 Å². The molecule has 124 valence electrons. The molecule has 3 rings (SSSR count). The second-order valence-electron chi connectivity index (χ2n) is 5.28. The van der Waals surface area contributed by atoms with Gasteiger partial charge in [-0.25, -0.2) is 4.39 Å². The van der Waals surface area contributed by atoms with E-state index in [0.717, 1.165) is 11.1 Å². The fraction of sp³-hybridized carbons (Fsp3) is 0.167. The summed E-state index contributed by atoms with van der Waals surface area (Å²) >= 11 is 0. The van der Waals surface area contributed by atoms with E-state index in [1.165, 1.54) is 12.1 Å². The van der Waals surface area contributed by atoms with Crippen LogP contribution in [-0.4, -0.2) is 19.2 Å². The first-order chi connectivity index (χ1) is 11.6. The van der Waals surface area contributed by atoms with Crippen LogP contribution in [0.15, 0.2) is 47.3 Å². The standard InChI is InChI=1S/C18H17FN2O3/c1-23-16-8-11-7-12(10-20-14-5-3-13(19)4-6-14)18(22)21-15(11)9-17(16)24-2/h3-9,20H,10H2,1-2H3,(H,21,22). The first-order valence-electron chi connectivity index (χ1n) is 7.38. The van der Waals surface area contributed by atoms with Crippen molar-refractivity contribution in [3.05, 3.63) is 64.2 Å². The largest absolute Gasteiger partial charge is 0.493 e. The van der Waals surface area contributed by atoms with Crippen molar-refractivity contribution in [3.63, 3.8) is 0 Å². The number of H-pyrrole nitrogens is 1. The number of nitrogens with one attached hydrogen (secondary N) is 2. The smallest absolute Gasteiger partial charge is 0.253 e. The number of hydrogen-bond acceptors (Lipinski definition) is 4. The van der Waals surface area contributed by atoms with Crippen LogP contribution in [0, 0.1) is 5.82 Å². The third-order valence-corrected chi connectivity index (χ3v) is 3.75. The Hall–Kier alpha value is -3.02. The summed E-state index contributed by atoms with van der Waals surface area (Å²) < 4.78 is 23.4. The van der Waals surface area contributed by atoms with E-state index in [4.69, 9.17) is 9.47 Å². The van der Waals surface area contributed by atoms with Gasteiger partial charge in [0.15, 0.2) is 11.5 Å². The maximum absolute atomic E-state index is 12.9. The van der Waals surface area contributed by atoms with Crippen LogP contribution < -0.4 is 20.3 Å². The Bertz CT molecular complexity index is 920. The van der Waals surface area contributed by atoms with Crippen LogP contribution in [0.2, 0.25) is 0 Å². The fourth-order valence-corrected chi connectivity index (χ4v) is 2.47. The number of hydrogen-bond donors (Lipinski definition) is 2. The molecular formula is C18H17FN2O3. The minimum atomic E-state index is -0.301. The molecule has 0 bridgehead atoms. The second-order valence-corrected chi connectivity index (χ2v) is 5.28. The predicted octanol–water partition coefficient (Wildman–Crippen LogP) is 3.30. The lowest BCUT2D eigenvalue weighted by Gasteiger charge is -2.11. The van der Waals surface area contributed by atoms with Gasteiger partial charge in [0, 0.05) is 29.2 Å². The number of aromatic amines is 1. The molecule has 2 aromatic carbocycles. The third kappa shape index (κ3) is 3.17. The highest BCUT2D eigenvalue weighted by atomic mass is 19.1. The number of benzene rings is 2. The lowest BCUT2D eigenvalue weighted by molar-refractivity contribution is 0.356. The molecule has 0 spiro atoms. The van der Waals surface area contributed by atoms with Gasteiger partial charge in [0.05, 0.1) is 19.7 Å². The number of methoxy groups -OCH3 is 2. The van der Waals surface area contributed by atoms with Crippen molar-refractivity contribution in [2.24, 2.45) is 0 Å². The van der Waals surface area contributed by atoms with Crippen LogP contribution in [0.25, 0.3) is 10.9 Å². The van der Waals surface area contributed by atoms with E-state index in [-0.39, 0.29) is 11.4 Å². The van der Waals surface area contributed by atoms with Crippen molar-refractivity contribution >= 4 is 16.6 Å². The zero-order chi connectivity index (χ0) is 17.1. The van der Waals surface area contributed by atoms with E-state index in [0.29, 0.717) is 29.1 Å². The van der Waals surface area contributed by atoms with E-state index in [2.05, 4.69) is 10.3 Å². The lowest BCUT2D eigenvalue weighted by atomic mass is 10.1. The topological polar surface area (TPSA) is 63.3 Å². The van der Waals surface area contributed by atoms with Crippen LogP contribution in [0.1, 0.15) is 5.56 Å². The van der Waals surface area contributed by atoms with Crippen LogP contribution in [0.3, 0.4) is 0 Å². The number of rotatable bonds is 5. The molecule has 0 fully saturated rings. The molecule has 0 aliphatic rings. The first kappa shape index (κ1) is 15.9.